The molecule has 1 unspecified atom stereocenters. The summed E-state index contributed by atoms with van der Waals surface area (Å²) in [5.41, 5.74) is 1.94. The van der Waals surface area contributed by atoms with Crippen molar-refractivity contribution >= 4 is 17.5 Å². The number of hydrogen-bond acceptors (Lipinski definition) is 3. The predicted octanol–water partition coefficient (Wildman–Crippen LogP) is 3.75. The summed E-state index contributed by atoms with van der Waals surface area (Å²) in [6.45, 7) is 3.96. The van der Waals surface area contributed by atoms with Gasteiger partial charge in [-0.15, -0.1) is 11.8 Å². The van der Waals surface area contributed by atoms with Gasteiger partial charge in [-0.3, -0.25) is 9.78 Å². The maximum absolute atomic E-state index is 12.2. The SMILES string of the molecule is Cc1ccc(C(=O)C(C)Sc2ccncc2)cc1. The number of benzene rings is 1. The summed E-state index contributed by atoms with van der Waals surface area (Å²) in [5.74, 6) is 0.164. The normalized spacial score (nSPS) is 12.1. The van der Waals surface area contributed by atoms with E-state index in [4.69, 9.17) is 0 Å². The Morgan fingerprint density at radius 2 is 1.72 bits per heavy atom. The van der Waals surface area contributed by atoms with Gasteiger partial charge in [0.05, 0.1) is 5.25 Å². The van der Waals surface area contributed by atoms with E-state index in [1.54, 1.807) is 24.2 Å². The van der Waals surface area contributed by atoms with Crippen molar-refractivity contribution in [3.05, 3.63) is 59.9 Å². The molecule has 3 heteroatoms. The molecule has 1 heterocycles. The molecule has 2 aromatic rings. The Hall–Kier alpha value is -1.61. The van der Waals surface area contributed by atoms with Crippen molar-refractivity contribution < 1.29 is 4.79 Å². The van der Waals surface area contributed by atoms with Crippen molar-refractivity contribution in [1.82, 2.24) is 4.98 Å². The molecule has 0 aliphatic carbocycles. The summed E-state index contributed by atoms with van der Waals surface area (Å²) in [7, 11) is 0. The van der Waals surface area contributed by atoms with Crippen molar-refractivity contribution in [2.75, 3.05) is 0 Å². The lowest BCUT2D eigenvalue weighted by Gasteiger charge is -2.10. The number of Topliss-reactive ketones (excluding diaryl/α,β-unsaturated/α-hetero) is 1. The van der Waals surface area contributed by atoms with Crippen molar-refractivity contribution in [2.24, 2.45) is 0 Å². The highest BCUT2D eigenvalue weighted by molar-refractivity contribution is 8.00. The minimum atomic E-state index is -0.0879. The second-order valence-electron chi connectivity index (χ2n) is 4.17. The molecule has 0 fully saturated rings. The van der Waals surface area contributed by atoms with E-state index in [1.807, 2.05) is 50.2 Å². The first kappa shape index (κ1) is 12.8. The first-order valence-electron chi connectivity index (χ1n) is 5.84. The average molecular weight is 257 g/mol. The van der Waals surface area contributed by atoms with Crippen LogP contribution < -0.4 is 0 Å². The van der Waals surface area contributed by atoms with Crippen LogP contribution in [0.15, 0.2) is 53.7 Å². The van der Waals surface area contributed by atoms with Crippen LogP contribution in [0.3, 0.4) is 0 Å². The van der Waals surface area contributed by atoms with Crippen molar-refractivity contribution in [3.8, 4) is 0 Å². The Morgan fingerprint density at radius 3 is 2.33 bits per heavy atom. The molecule has 0 aliphatic rings. The molecule has 0 N–H and O–H groups in total. The fourth-order valence-corrected chi connectivity index (χ4v) is 2.56. The van der Waals surface area contributed by atoms with Gasteiger partial charge in [0.2, 0.25) is 0 Å². The fraction of sp³-hybridized carbons (Fsp3) is 0.200. The molecule has 92 valence electrons. The van der Waals surface area contributed by atoms with E-state index in [2.05, 4.69) is 4.98 Å². The minimum absolute atomic E-state index is 0.0879. The summed E-state index contributed by atoms with van der Waals surface area (Å²) >= 11 is 1.56. The molecule has 0 radical (unpaired) electrons. The van der Waals surface area contributed by atoms with E-state index in [0.29, 0.717) is 0 Å². The van der Waals surface area contributed by atoms with Crippen LogP contribution in [0.25, 0.3) is 0 Å². The number of carbonyl (C=O) groups excluding carboxylic acids is 1. The molecule has 0 amide bonds. The fourth-order valence-electron chi connectivity index (χ4n) is 1.63. The van der Waals surface area contributed by atoms with Crippen LogP contribution >= 0.6 is 11.8 Å². The van der Waals surface area contributed by atoms with E-state index in [0.717, 1.165) is 10.5 Å². The molecule has 1 atom stereocenters. The van der Waals surface area contributed by atoms with E-state index < -0.39 is 0 Å². The van der Waals surface area contributed by atoms with Crippen LogP contribution in [0.5, 0.6) is 0 Å². The van der Waals surface area contributed by atoms with Crippen LogP contribution in [-0.2, 0) is 0 Å². The number of hydrogen-bond donors (Lipinski definition) is 0. The smallest absolute Gasteiger partial charge is 0.175 e. The molecule has 0 spiro atoms. The van der Waals surface area contributed by atoms with Crippen molar-refractivity contribution in [2.45, 2.75) is 24.0 Å². The largest absolute Gasteiger partial charge is 0.293 e. The second kappa shape index (κ2) is 5.83. The van der Waals surface area contributed by atoms with Gasteiger partial charge in [-0.1, -0.05) is 29.8 Å². The summed E-state index contributed by atoms with van der Waals surface area (Å²) < 4.78 is 0. The van der Waals surface area contributed by atoms with E-state index in [-0.39, 0.29) is 11.0 Å². The number of aryl methyl sites for hydroxylation is 1. The minimum Gasteiger partial charge on any atom is -0.293 e. The Labute approximate surface area is 111 Å². The predicted molar refractivity (Wildman–Crippen MR) is 75.1 cm³/mol. The molecule has 18 heavy (non-hydrogen) atoms. The van der Waals surface area contributed by atoms with Crippen LogP contribution in [0.2, 0.25) is 0 Å². The van der Waals surface area contributed by atoms with Gasteiger partial charge < -0.3 is 0 Å². The number of pyridine rings is 1. The zero-order chi connectivity index (χ0) is 13.0. The number of carbonyl (C=O) groups is 1. The molecular weight excluding hydrogens is 242 g/mol. The van der Waals surface area contributed by atoms with E-state index >= 15 is 0 Å². The maximum atomic E-state index is 12.2. The molecule has 0 bridgehead atoms. The lowest BCUT2D eigenvalue weighted by molar-refractivity contribution is 0.0994. The van der Waals surface area contributed by atoms with Gasteiger partial charge in [0.25, 0.3) is 0 Å². The van der Waals surface area contributed by atoms with Crippen LogP contribution in [0.1, 0.15) is 22.8 Å². The van der Waals surface area contributed by atoms with Gasteiger partial charge in [0, 0.05) is 22.9 Å². The highest BCUT2D eigenvalue weighted by atomic mass is 32.2. The monoisotopic (exact) mass is 257 g/mol. The zero-order valence-electron chi connectivity index (χ0n) is 10.5. The quantitative estimate of drug-likeness (QED) is 0.617. The summed E-state index contributed by atoms with van der Waals surface area (Å²) in [6, 6.07) is 11.6. The number of rotatable bonds is 4. The summed E-state index contributed by atoms with van der Waals surface area (Å²) in [4.78, 5) is 17.3. The van der Waals surface area contributed by atoms with Gasteiger partial charge in [-0.25, -0.2) is 0 Å². The highest BCUT2D eigenvalue weighted by Gasteiger charge is 2.16. The number of ketones is 1. The van der Waals surface area contributed by atoms with Crippen LogP contribution in [-0.4, -0.2) is 16.0 Å². The Kier molecular flexibility index (Phi) is 4.15. The second-order valence-corrected chi connectivity index (χ2v) is 5.59. The van der Waals surface area contributed by atoms with Crippen molar-refractivity contribution in [1.29, 1.82) is 0 Å². The lowest BCUT2D eigenvalue weighted by atomic mass is 10.1. The average Bonchev–Trinajstić information content (AvgIpc) is 2.40. The molecule has 2 nitrogen and oxygen atoms in total. The van der Waals surface area contributed by atoms with Crippen molar-refractivity contribution in [3.63, 3.8) is 0 Å². The number of aromatic nitrogens is 1. The standard InChI is InChI=1S/C15H15NOS/c1-11-3-5-13(6-4-11)15(17)12(2)18-14-7-9-16-10-8-14/h3-10,12H,1-2H3. The lowest BCUT2D eigenvalue weighted by Crippen LogP contribution is -2.13. The Bertz CT molecular complexity index is 522. The topological polar surface area (TPSA) is 30.0 Å². The molecule has 2 rings (SSSR count). The molecular formula is C15H15NOS. The van der Waals surface area contributed by atoms with E-state index in [1.165, 1.54) is 5.56 Å². The molecule has 0 saturated heterocycles. The van der Waals surface area contributed by atoms with Crippen LogP contribution in [0.4, 0.5) is 0 Å². The number of nitrogens with zero attached hydrogens (tertiary/aromatic N) is 1. The van der Waals surface area contributed by atoms with Gasteiger partial charge in [-0.05, 0) is 26.0 Å². The first-order valence-corrected chi connectivity index (χ1v) is 6.72. The third-order valence-corrected chi connectivity index (χ3v) is 3.78. The molecule has 1 aromatic heterocycles. The van der Waals surface area contributed by atoms with Crippen LogP contribution in [0, 0.1) is 6.92 Å². The Balaban J connectivity index is 2.07. The third-order valence-electron chi connectivity index (χ3n) is 2.67. The zero-order valence-corrected chi connectivity index (χ0v) is 11.3. The van der Waals surface area contributed by atoms with Gasteiger partial charge in [0.15, 0.2) is 5.78 Å². The molecule has 0 saturated carbocycles. The summed E-state index contributed by atoms with van der Waals surface area (Å²) in [6.07, 6.45) is 3.48. The molecule has 0 aliphatic heterocycles. The maximum Gasteiger partial charge on any atom is 0.175 e. The van der Waals surface area contributed by atoms with E-state index in [9.17, 15) is 4.79 Å². The molecule has 1 aromatic carbocycles. The third kappa shape index (κ3) is 3.20. The van der Waals surface area contributed by atoms with Gasteiger partial charge >= 0.3 is 0 Å². The van der Waals surface area contributed by atoms with Gasteiger partial charge in [-0.2, -0.15) is 0 Å². The number of thioether (sulfide) groups is 1. The van der Waals surface area contributed by atoms with Gasteiger partial charge in [0.1, 0.15) is 0 Å². The highest BCUT2D eigenvalue weighted by Crippen LogP contribution is 2.24. The Morgan fingerprint density at radius 1 is 1.11 bits per heavy atom. The summed E-state index contributed by atoms with van der Waals surface area (Å²) in [5, 5.41) is -0.0879. The first-order chi connectivity index (χ1) is 8.66.